The molecule has 0 aliphatic carbocycles. The van der Waals surface area contributed by atoms with Crippen LogP contribution >= 0.6 is 0 Å². The fraction of sp³-hybridized carbons (Fsp3) is 0.889. The van der Waals surface area contributed by atoms with Crippen molar-refractivity contribution in [3.05, 3.63) is 0 Å². The molecule has 0 rings (SSSR count). The molecule has 0 saturated heterocycles. The van der Waals surface area contributed by atoms with Crippen LogP contribution in [0.3, 0.4) is 0 Å². The lowest BCUT2D eigenvalue weighted by molar-refractivity contribution is -0.136. The summed E-state index contributed by atoms with van der Waals surface area (Å²) in [5.74, 6) is 0.0603. The van der Waals surface area contributed by atoms with Crippen LogP contribution in [0.2, 0.25) is 0 Å². The Kier molecular flexibility index (Phi) is 5.64. The van der Waals surface area contributed by atoms with E-state index in [1.807, 2.05) is 6.92 Å². The monoisotopic (exact) mass is 225 g/mol. The molecule has 0 saturated carbocycles. The highest BCUT2D eigenvalue weighted by molar-refractivity contribution is 5.77. The molecule has 3 nitrogen and oxygen atoms in total. The van der Waals surface area contributed by atoms with Crippen LogP contribution in [0.5, 0.6) is 0 Å². The predicted octanol–water partition coefficient (Wildman–Crippen LogP) is 1.98. The second kappa shape index (κ2) is 5.95. The quantitative estimate of drug-likeness (QED) is 0.536. The molecule has 0 fully saturated rings. The number of nitrogens with zero attached hydrogens (tertiary/aromatic N) is 1. The van der Waals surface area contributed by atoms with Crippen molar-refractivity contribution in [2.75, 3.05) is 13.6 Å². The molecule has 0 amide bonds. The molecule has 0 aromatic rings. The minimum atomic E-state index is -4.08. The zero-order valence-electron chi connectivity index (χ0n) is 9.06. The maximum absolute atomic E-state index is 11.8. The molecule has 0 aliphatic rings. The van der Waals surface area contributed by atoms with Crippen molar-refractivity contribution in [2.24, 2.45) is 5.73 Å². The molecule has 15 heavy (non-hydrogen) atoms. The van der Waals surface area contributed by atoms with Crippen molar-refractivity contribution in [1.82, 2.24) is 4.90 Å². The third kappa shape index (κ3) is 8.23. The molecule has 3 N–H and O–H groups in total. The summed E-state index contributed by atoms with van der Waals surface area (Å²) in [7, 11) is 1.74. The number of halogens is 3. The Morgan fingerprint density at radius 1 is 1.47 bits per heavy atom. The van der Waals surface area contributed by atoms with Gasteiger partial charge in [-0.15, -0.1) is 0 Å². The first-order chi connectivity index (χ1) is 6.72. The SMILES string of the molecule is CC(CC(=N)N)N(C)CCCC(F)(F)F. The van der Waals surface area contributed by atoms with Crippen molar-refractivity contribution in [1.29, 1.82) is 5.41 Å². The molecular weight excluding hydrogens is 207 g/mol. The van der Waals surface area contributed by atoms with Gasteiger partial charge in [0.05, 0.1) is 5.84 Å². The Morgan fingerprint density at radius 2 is 2.00 bits per heavy atom. The molecule has 1 atom stereocenters. The standard InChI is InChI=1S/C9H18F3N3/c1-7(6-8(13)14)15(2)5-3-4-9(10,11)12/h7H,3-6H2,1-2H3,(H3,13,14). The molecule has 0 heterocycles. The molecule has 0 radical (unpaired) electrons. The van der Waals surface area contributed by atoms with E-state index < -0.39 is 12.6 Å². The van der Waals surface area contributed by atoms with Crippen LogP contribution in [-0.2, 0) is 0 Å². The Bertz CT molecular complexity index is 203. The van der Waals surface area contributed by atoms with Gasteiger partial charge in [-0.2, -0.15) is 13.2 Å². The predicted molar refractivity (Wildman–Crippen MR) is 53.9 cm³/mol. The van der Waals surface area contributed by atoms with Crippen LogP contribution in [0, 0.1) is 5.41 Å². The van der Waals surface area contributed by atoms with Crippen LogP contribution in [0.1, 0.15) is 26.2 Å². The Balaban J connectivity index is 3.73. The number of nitrogens with one attached hydrogen (secondary N) is 1. The Labute approximate surface area is 87.9 Å². The van der Waals surface area contributed by atoms with Crippen LogP contribution in [0.25, 0.3) is 0 Å². The van der Waals surface area contributed by atoms with E-state index in [0.29, 0.717) is 13.0 Å². The first-order valence-corrected chi connectivity index (χ1v) is 4.82. The number of hydrogen-bond acceptors (Lipinski definition) is 2. The van der Waals surface area contributed by atoms with Crippen molar-refractivity contribution < 1.29 is 13.2 Å². The van der Waals surface area contributed by atoms with E-state index in [1.165, 1.54) is 0 Å². The summed E-state index contributed by atoms with van der Waals surface area (Å²) < 4.78 is 35.5. The van der Waals surface area contributed by atoms with Crippen LogP contribution < -0.4 is 5.73 Å². The summed E-state index contributed by atoms with van der Waals surface area (Å²) in [6.07, 6.45) is -4.36. The number of hydrogen-bond donors (Lipinski definition) is 2. The highest BCUT2D eigenvalue weighted by atomic mass is 19.4. The zero-order valence-corrected chi connectivity index (χ0v) is 9.06. The Hall–Kier alpha value is -0.780. The summed E-state index contributed by atoms with van der Waals surface area (Å²) >= 11 is 0. The van der Waals surface area contributed by atoms with E-state index in [1.54, 1.807) is 11.9 Å². The highest BCUT2D eigenvalue weighted by Crippen LogP contribution is 2.21. The summed E-state index contributed by atoms with van der Waals surface area (Å²) in [6.45, 7) is 2.21. The van der Waals surface area contributed by atoms with E-state index in [0.717, 1.165) is 0 Å². The largest absolute Gasteiger partial charge is 0.389 e. The van der Waals surface area contributed by atoms with Crippen molar-refractivity contribution in [3.63, 3.8) is 0 Å². The van der Waals surface area contributed by atoms with Gasteiger partial charge in [-0.25, -0.2) is 0 Å². The van der Waals surface area contributed by atoms with Gasteiger partial charge in [0.2, 0.25) is 0 Å². The first-order valence-electron chi connectivity index (χ1n) is 4.82. The molecule has 90 valence electrons. The maximum Gasteiger partial charge on any atom is 0.389 e. The lowest BCUT2D eigenvalue weighted by atomic mass is 10.2. The highest BCUT2D eigenvalue weighted by Gasteiger charge is 2.26. The maximum atomic E-state index is 11.8. The third-order valence-corrected chi connectivity index (χ3v) is 2.24. The average molecular weight is 225 g/mol. The van der Waals surface area contributed by atoms with Gasteiger partial charge in [-0.1, -0.05) is 0 Å². The van der Waals surface area contributed by atoms with Gasteiger partial charge in [0, 0.05) is 18.9 Å². The molecular formula is C9H18F3N3. The number of rotatable bonds is 6. The molecule has 0 spiro atoms. The van der Waals surface area contributed by atoms with Gasteiger partial charge in [0.1, 0.15) is 0 Å². The van der Waals surface area contributed by atoms with E-state index in [2.05, 4.69) is 0 Å². The summed E-state index contributed by atoms with van der Waals surface area (Å²) in [5.41, 5.74) is 5.21. The van der Waals surface area contributed by atoms with Gasteiger partial charge in [-0.3, -0.25) is 5.41 Å². The molecule has 0 aliphatic heterocycles. The van der Waals surface area contributed by atoms with Crippen molar-refractivity contribution in [3.8, 4) is 0 Å². The van der Waals surface area contributed by atoms with E-state index in [4.69, 9.17) is 11.1 Å². The molecule has 1 unspecified atom stereocenters. The molecule has 6 heteroatoms. The lowest BCUT2D eigenvalue weighted by Crippen LogP contribution is -2.34. The molecule has 0 bridgehead atoms. The van der Waals surface area contributed by atoms with Gasteiger partial charge in [0.25, 0.3) is 0 Å². The number of alkyl halides is 3. The zero-order chi connectivity index (χ0) is 12.1. The fourth-order valence-electron chi connectivity index (χ4n) is 1.22. The van der Waals surface area contributed by atoms with Crippen molar-refractivity contribution in [2.45, 2.75) is 38.4 Å². The van der Waals surface area contributed by atoms with E-state index >= 15 is 0 Å². The smallest absolute Gasteiger partial charge is 0.388 e. The van der Waals surface area contributed by atoms with Crippen LogP contribution in [-0.4, -0.2) is 36.5 Å². The normalized spacial score (nSPS) is 14.3. The van der Waals surface area contributed by atoms with Gasteiger partial charge in [-0.05, 0) is 26.9 Å². The van der Waals surface area contributed by atoms with E-state index in [-0.39, 0.29) is 18.3 Å². The fourth-order valence-corrected chi connectivity index (χ4v) is 1.22. The van der Waals surface area contributed by atoms with Crippen molar-refractivity contribution >= 4 is 5.84 Å². The van der Waals surface area contributed by atoms with Gasteiger partial charge >= 0.3 is 6.18 Å². The average Bonchev–Trinajstić information content (AvgIpc) is 2.00. The minimum absolute atomic E-state index is 0.00994. The van der Waals surface area contributed by atoms with Crippen LogP contribution in [0.15, 0.2) is 0 Å². The lowest BCUT2D eigenvalue weighted by Gasteiger charge is -2.24. The van der Waals surface area contributed by atoms with Gasteiger partial charge < -0.3 is 10.6 Å². The third-order valence-electron chi connectivity index (χ3n) is 2.24. The topological polar surface area (TPSA) is 53.1 Å². The molecule has 0 aromatic heterocycles. The second-order valence-corrected chi connectivity index (χ2v) is 3.78. The second-order valence-electron chi connectivity index (χ2n) is 3.78. The Morgan fingerprint density at radius 3 is 2.40 bits per heavy atom. The first kappa shape index (κ1) is 14.2. The van der Waals surface area contributed by atoms with E-state index in [9.17, 15) is 13.2 Å². The minimum Gasteiger partial charge on any atom is -0.388 e. The number of nitrogens with two attached hydrogens (primary N) is 1. The van der Waals surface area contributed by atoms with Gasteiger partial charge in [0.15, 0.2) is 0 Å². The number of amidine groups is 1. The summed E-state index contributed by atoms with van der Waals surface area (Å²) in [5, 5.41) is 7.07. The summed E-state index contributed by atoms with van der Waals surface area (Å²) in [6, 6.07) is 0.00994. The molecule has 0 aromatic carbocycles. The summed E-state index contributed by atoms with van der Waals surface area (Å²) in [4.78, 5) is 1.78. The van der Waals surface area contributed by atoms with Crippen LogP contribution in [0.4, 0.5) is 13.2 Å².